The minimum Gasteiger partial charge on any atom is -0.494 e. The molecule has 39 heavy (non-hydrogen) atoms. The first-order valence-corrected chi connectivity index (χ1v) is 14.3. The highest BCUT2D eigenvalue weighted by molar-refractivity contribution is 8.00. The molecule has 2 N–H and O–H groups in total. The van der Waals surface area contributed by atoms with Gasteiger partial charge in [0.05, 0.1) is 16.8 Å². The zero-order valence-electron chi connectivity index (χ0n) is 20.9. The molecule has 0 aliphatic carbocycles. The van der Waals surface area contributed by atoms with Crippen LogP contribution in [0, 0.1) is 0 Å². The third-order valence-electron chi connectivity index (χ3n) is 5.69. The van der Waals surface area contributed by atoms with E-state index < -0.39 is 5.25 Å². The molecule has 1 unspecified atom stereocenters. The number of aromatic nitrogens is 1. The molecule has 1 aromatic heterocycles. The highest BCUT2D eigenvalue weighted by Gasteiger charge is 2.23. The number of benzene rings is 4. The fourth-order valence-corrected chi connectivity index (χ4v) is 5.98. The molecule has 0 saturated carbocycles. The minimum atomic E-state index is -0.510. The topological polar surface area (TPSA) is 80.3 Å². The summed E-state index contributed by atoms with van der Waals surface area (Å²) in [7, 11) is 0. The second-order valence-corrected chi connectivity index (χ2v) is 11.1. The molecule has 0 aliphatic heterocycles. The summed E-state index contributed by atoms with van der Waals surface area (Å²) in [6.45, 7) is 2.52. The number of rotatable bonds is 9. The third-order valence-corrected chi connectivity index (χ3v) is 8.13. The van der Waals surface area contributed by atoms with Gasteiger partial charge in [-0.1, -0.05) is 59.3 Å². The lowest BCUT2D eigenvalue weighted by Crippen LogP contribution is -2.18. The van der Waals surface area contributed by atoms with Crippen molar-refractivity contribution in [3.63, 3.8) is 0 Å². The summed E-state index contributed by atoms with van der Waals surface area (Å²) in [5, 5.41) is 6.40. The lowest BCUT2D eigenvalue weighted by Gasteiger charge is -2.16. The summed E-state index contributed by atoms with van der Waals surface area (Å²) in [6.07, 6.45) is 0. The number of halogens is 1. The Morgan fingerprint density at radius 3 is 2.49 bits per heavy atom. The molecule has 6 nitrogen and oxygen atoms in total. The van der Waals surface area contributed by atoms with Gasteiger partial charge in [0.15, 0.2) is 5.13 Å². The maximum Gasteiger partial charge on any atom is 0.255 e. The molecule has 1 heterocycles. The Morgan fingerprint density at radius 1 is 0.949 bits per heavy atom. The van der Waals surface area contributed by atoms with Crippen LogP contribution in [0.3, 0.4) is 0 Å². The van der Waals surface area contributed by atoms with Gasteiger partial charge in [-0.25, -0.2) is 4.98 Å². The van der Waals surface area contributed by atoms with Crippen molar-refractivity contribution in [2.24, 2.45) is 0 Å². The van der Waals surface area contributed by atoms with Crippen molar-refractivity contribution in [3.8, 4) is 5.75 Å². The predicted molar refractivity (Wildman–Crippen MR) is 160 cm³/mol. The molecule has 5 aromatic rings. The van der Waals surface area contributed by atoms with Gasteiger partial charge in [-0.3, -0.25) is 9.59 Å². The largest absolute Gasteiger partial charge is 0.494 e. The van der Waals surface area contributed by atoms with Crippen LogP contribution in [-0.2, 0) is 4.79 Å². The molecule has 2 amide bonds. The number of amides is 2. The van der Waals surface area contributed by atoms with E-state index in [0.29, 0.717) is 28.0 Å². The van der Waals surface area contributed by atoms with Crippen LogP contribution >= 0.6 is 34.7 Å². The van der Waals surface area contributed by atoms with Gasteiger partial charge in [-0.2, -0.15) is 0 Å². The lowest BCUT2D eigenvalue weighted by atomic mass is 10.1. The van der Waals surface area contributed by atoms with E-state index in [1.807, 2.05) is 79.7 Å². The first-order chi connectivity index (χ1) is 19.0. The summed E-state index contributed by atoms with van der Waals surface area (Å²) in [5.41, 5.74) is 2.80. The Hall–Kier alpha value is -3.85. The van der Waals surface area contributed by atoms with Crippen LogP contribution < -0.4 is 15.4 Å². The van der Waals surface area contributed by atoms with E-state index in [0.717, 1.165) is 26.4 Å². The van der Waals surface area contributed by atoms with E-state index in [1.165, 1.54) is 23.1 Å². The molecule has 9 heteroatoms. The first kappa shape index (κ1) is 26.7. The smallest absolute Gasteiger partial charge is 0.255 e. The molecular formula is C30H24ClN3O3S2. The molecule has 196 valence electrons. The van der Waals surface area contributed by atoms with Crippen LogP contribution in [0.5, 0.6) is 5.75 Å². The van der Waals surface area contributed by atoms with Crippen LogP contribution in [0.1, 0.15) is 28.1 Å². The SMILES string of the molecule is CCOc1ccc2nc(NC(=O)C(Sc3ccc(NC(=O)c4cccc(Cl)c4)cc3)c3ccccc3)sc2c1. The van der Waals surface area contributed by atoms with Crippen LogP contribution in [0.25, 0.3) is 10.2 Å². The van der Waals surface area contributed by atoms with E-state index in [9.17, 15) is 9.59 Å². The van der Waals surface area contributed by atoms with Crippen molar-refractivity contribution >= 4 is 67.5 Å². The lowest BCUT2D eigenvalue weighted by molar-refractivity contribution is -0.115. The van der Waals surface area contributed by atoms with E-state index in [1.54, 1.807) is 24.3 Å². The average molecular weight is 574 g/mol. The van der Waals surface area contributed by atoms with Crippen LogP contribution in [0.2, 0.25) is 5.02 Å². The number of thiazole rings is 1. The molecular weight excluding hydrogens is 550 g/mol. The maximum absolute atomic E-state index is 13.5. The van der Waals surface area contributed by atoms with E-state index in [4.69, 9.17) is 16.3 Å². The number of fused-ring (bicyclic) bond motifs is 1. The molecule has 0 spiro atoms. The highest BCUT2D eigenvalue weighted by Crippen LogP contribution is 2.38. The van der Waals surface area contributed by atoms with Crippen LogP contribution in [-0.4, -0.2) is 23.4 Å². The third kappa shape index (κ3) is 6.78. The number of carbonyl (C=O) groups is 2. The normalized spacial score (nSPS) is 11.6. The molecule has 0 radical (unpaired) electrons. The fraction of sp³-hybridized carbons (Fsp3) is 0.100. The number of thioether (sulfide) groups is 1. The van der Waals surface area contributed by atoms with Crippen LogP contribution in [0.15, 0.2) is 102 Å². The number of anilines is 2. The van der Waals surface area contributed by atoms with E-state index in [-0.39, 0.29) is 11.8 Å². The van der Waals surface area contributed by atoms with Crippen molar-refractivity contribution in [3.05, 3.63) is 113 Å². The van der Waals surface area contributed by atoms with Crippen molar-refractivity contribution < 1.29 is 14.3 Å². The number of hydrogen-bond donors (Lipinski definition) is 2. The van der Waals surface area contributed by atoms with Gasteiger partial charge in [0, 0.05) is 21.2 Å². The summed E-state index contributed by atoms with van der Waals surface area (Å²) < 4.78 is 6.52. The molecule has 5 rings (SSSR count). The van der Waals surface area contributed by atoms with Gasteiger partial charge < -0.3 is 15.4 Å². The monoisotopic (exact) mass is 573 g/mol. The Labute approximate surface area is 239 Å². The van der Waals surface area contributed by atoms with Crippen molar-refractivity contribution in [2.75, 3.05) is 17.2 Å². The Morgan fingerprint density at radius 2 is 1.74 bits per heavy atom. The Bertz CT molecular complexity index is 1610. The van der Waals surface area contributed by atoms with Gasteiger partial charge in [-0.05, 0) is 73.2 Å². The molecule has 4 aromatic carbocycles. The van der Waals surface area contributed by atoms with Crippen molar-refractivity contribution in [1.29, 1.82) is 0 Å². The number of carbonyl (C=O) groups excluding carboxylic acids is 2. The van der Waals surface area contributed by atoms with E-state index >= 15 is 0 Å². The summed E-state index contributed by atoms with van der Waals surface area (Å²) in [5.74, 6) is 0.355. The maximum atomic E-state index is 13.5. The van der Waals surface area contributed by atoms with Gasteiger partial charge in [-0.15, -0.1) is 11.8 Å². The molecule has 0 fully saturated rings. The molecule has 1 atom stereocenters. The zero-order chi connectivity index (χ0) is 27.2. The number of nitrogens with one attached hydrogen (secondary N) is 2. The van der Waals surface area contributed by atoms with Crippen molar-refractivity contribution in [1.82, 2.24) is 4.98 Å². The Kier molecular flexibility index (Phi) is 8.46. The summed E-state index contributed by atoms with van der Waals surface area (Å²) in [6, 6.07) is 29.5. The molecule has 0 aliphatic rings. The average Bonchev–Trinajstić information content (AvgIpc) is 3.34. The van der Waals surface area contributed by atoms with Gasteiger partial charge in [0.25, 0.3) is 5.91 Å². The zero-order valence-corrected chi connectivity index (χ0v) is 23.3. The number of hydrogen-bond acceptors (Lipinski definition) is 6. The number of nitrogens with zero attached hydrogens (tertiary/aromatic N) is 1. The first-order valence-electron chi connectivity index (χ1n) is 12.2. The summed E-state index contributed by atoms with van der Waals surface area (Å²) >= 11 is 8.84. The van der Waals surface area contributed by atoms with Crippen molar-refractivity contribution in [2.45, 2.75) is 17.1 Å². The van der Waals surface area contributed by atoms with Crippen LogP contribution in [0.4, 0.5) is 10.8 Å². The van der Waals surface area contributed by atoms with Gasteiger partial charge >= 0.3 is 0 Å². The quantitative estimate of drug-likeness (QED) is 0.174. The summed E-state index contributed by atoms with van der Waals surface area (Å²) in [4.78, 5) is 31.5. The van der Waals surface area contributed by atoms with Gasteiger partial charge in [0.2, 0.25) is 5.91 Å². The fourth-order valence-electron chi connectivity index (χ4n) is 3.87. The number of ether oxygens (including phenoxy) is 1. The molecule has 0 bridgehead atoms. The standard InChI is InChI=1S/C30H24ClN3O3S2/c1-2-37-23-13-16-25-26(18-23)39-30(33-25)34-29(36)27(19-7-4-3-5-8-19)38-24-14-11-22(12-15-24)32-28(35)20-9-6-10-21(31)17-20/h3-18,27H,2H2,1H3,(H,32,35)(H,33,34,36). The van der Waals surface area contributed by atoms with E-state index in [2.05, 4.69) is 15.6 Å². The Balaban J connectivity index is 1.31. The highest BCUT2D eigenvalue weighted by atomic mass is 35.5. The predicted octanol–water partition coefficient (Wildman–Crippen LogP) is 8.07. The second kappa shape index (κ2) is 12.3. The van der Waals surface area contributed by atoms with Gasteiger partial charge in [0.1, 0.15) is 11.0 Å². The molecule has 0 saturated heterocycles. The minimum absolute atomic E-state index is 0.173. The second-order valence-electron chi connectivity index (χ2n) is 8.47.